The highest BCUT2D eigenvalue weighted by Gasteiger charge is 2.22. The lowest BCUT2D eigenvalue weighted by molar-refractivity contribution is -0.121. The number of piperidine rings is 1. The van der Waals surface area contributed by atoms with Crippen molar-refractivity contribution < 1.29 is 4.79 Å². The molecule has 8 heteroatoms. The molecule has 1 aromatic rings. The number of hydrogen-bond acceptors (Lipinski definition) is 3. The Balaban J connectivity index is 0.00000392. The number of halogens is 1. The maximum Gasteiger partial charge on any atom is 0.250 e. The number of nitrogens with one attached hydrogen (secondary N) is 2. The van der Waals surface area contributed by atoms with Crippen molar-refractivity contribution in [1.29, 1.82) is 0 Å². The summed E-state index contributed by atoms with van der Waals surface area (Å²) >= 11 is 0. The Bertz CT molecular complexity index is 669. The van der Waals surface area contributed by atoms with Crippen LogP contribution in [0.5, 0.6) is 0 Å². The second-order valence-electron chi connectivity index (χ2n) is 6.98. The third kappa shape index (κ3) is 8.20. The Morgan fingerprint density at radius 2 is 2.00 bits per heavy atom. The van der Waals surface area contributed by atoms with E-state index in [1.165, 1.54) is 0 Å². The average molecular weight is 503 g/mol. The largest absolute Gasteiger partial charge is 0.359 e. The van der Waals surface area contributed by atoms with Gasteiger partial charge in [0.15, 0.2) is 5.96 Å². The number of carbonyl (C=O) groups excluding carboxylic acids is 1. The summed E-state index contributed by atoms with van der Waals surface area (Å²) in [5.41, 5.74) is 0.0500. The van der Waals surface area contributed by atoms with E-state index in [4.69, 9.17) is 4.99 Å². The minimum Gasteiger partial charge on any atom is -0.359 e. The predicted octanol–water partition coefficient (Wildman–Crippen LogP) is 2.06. The highest BCUT2D eigenvalue weighted by Crippen LogP contribution is 2.20. The number of carbonyl (C=O) groups is 1. The van der Waals surface area contributed by atoms with Gasteiger partial charge in [0.05, 0.1) is 0 Å². The van der Waals surface area contributed by atoms with Crippen molar-refractivity contribution in [2.75, 3.05) is 33.2 Å². The maximum absolute atomic E-state index is 11.7. The molecule has 0 bridgehead atoms. The summed E-state index contributed by atoms with van der Waals surface area (Å²) in [6.45, 7) is 6.28. The molecule has 0 saturated carbocycles. The number of rotatable bonds is 8. The van der Waals surface area contributed by atoms with Gasteiger partial charge >= 0.3 is 0 Å². The molecule has 0 aromatic carbocycles. The van der Waals surface area contributed by atoms with Crippen LogP contribution in [0.1, 0.15) is 39.0 Å². The van der Waals surface area contributed by atoms with Crippen molar-refractivity contribution >= 4 is 35.8 Å². The lowest BCUT2D eigenvalue weighted by Crippen LogP contribution is -2.46. The van der Waals surface area contributed by atoms with Gasteiger partial charge in [-0.2, -0.15) is 0 Å². The predicted molar refractivity (Wildman–Crippen MR) is 124 cm³/mol. The van der Waals surface area contributed by atoms with E-state index in [9.17, 15) is 9.59 Å². The average Bonchev–Trinajstić information content (AvgIpc) is 2.69. The van der Waals surface area contributed by atoms with E-state index in [2.05, 4.69) is 22.5 Å². The van der Waals surface area contributed by atoms with E-state index in [1.807, 2.05) is 12.3 Å². The second-order valence-corrected chi connectivity index (χ2v) is 6.98. The Kier molecular flexibility index (Phi) is 11.9. The number of amides is 1. The normalized spacial score (nSPS) is 15.1. The number of nitrogens with zero attached hydrogens (tertiary/aromatic N) is 3. The van der Waals surface area contributed by atoms with Gasteiger partial charge in [0.25, 0.3) is 0 Å². The quantitative estimate of drug-likeness (QED) is 0.247. The van der Waals surface area contributed by atoms with E-state index >= 15 is 0 Å². The Morgan fingerprint density at radius 1 is 1.25 bits per heavy atom. The van der Waals surface area contributed by atoms with Gasteiger partial charge in [-0.25, -0.2) is 0 Å². The van der Waals surface area contributed by atoms with Crippen LogP contribution in [0.25, 0.3) is 0 Å². The van der Waals surface area contributed by atoms with Crippen LogP contribution in [-0.2, 0) is 11.3 Å². The first-order chi connectivity index (χ1) is 13.1. The number of unbranched alkanes of at least 4 members (excludes halogenated alkanes) is 1. The molecule has 28 heavy (non-hydrogen) atoms. The zero-order chi connectivity index (χ0) is 19.5. The highest BCUT2D eigenvalue weighted by molar-refractivity contribution is 14.0. The summed E-state index contributed by atoms with van der Waals surface area (Å²) in [4.78, 5) is 30.3. The van der Waals surface area contributed by atoms with Crippen molar-refractivity contribution in [2.45, 2.75) is 45.6 Å². The van der Waals surface area contributed by atoms with Crippen LogP contribution in [0.4, 0.5) is 0 Å². The molecule has 0 spiro atoms. The number of aromatic nitrogens is 1. The van der Waals surface area contributed by atoms with Gasteiger partial charge in [-0.1, -0.05) is 6.07 Å². The zero-order valence-corrected chi connectivity index (χ0v) is 19.4. The summed E-state index contributed by atoms with van der Waals surface area (Å²) in [5, 5.41) is 6.09. The molecular formula is C20H34IN5O2. The van der Waals surface area contributed by atoms with E-state index < -0.39 is 0 Å². The second kappa shape index (κ2) is 13.6. The third-order valence-electron chi connectivity index (χ3n) is 4.97. The molecule has 0 atom stereocenters. The van der Waals surface area contributed by atoms with E-state index in [0.29, 0.717) is 12.3 Å². The minimum absolute atomic E-state index is 0. The van der Waals surface area contributed by atoms with Crippen molar-refractivity contribution in [2.24, 2.45) is 10.9 Å². The molecule has 1 saturated heterocycles. The number of guanidine groups is 1. The lowest BCUT2D eigenvalue weighted by atomic mass is 9.93. The first-order valence-electron chi connectivity index (χ1n) is 10.0. The fourth-order valence-corrected chi connectivity index (χ4v) is 3.36. The van der Waals surface area contributed by atoms with Crippen molar-refractivity contribution in [3.63, 3.8) is 0 Å². The molecule has 1 aromatic heterocycles. The lowest BCUT2D eigenvalue weighted by Gasteiger charge is -2.34. The molecule has 1 aliphatic heterocycles. The zero-order valence-electron chi connectivity index (χ0n) is 17.0. The first-order valence-corrected chi connectivity index (χ1v) is 10.0. The van der Waals surface area contributed by atoms with Crippen LogP contribution in [0, 0.1) is 5.92 Å². The van der Waals surface area contributed by atoms with Crippen LogP contribution in [0.3, 0.4) is 0 Å². The van der Waals surface area contributed by atoms with Crippen molar-refractivity contribution in [3.05, 3.63) is 34.7 Å². The molecule has 1 aliphatic rings. The number of aryl methyl sites for hydroxylation is 1. The third-order valence-corrected chi connectivity index (χ3v) is 4.97. The van der Waals surface area contributed by atoms with Gasteiger partial charge in [0.1, 0.15) is 0 Å². The van der Waals surface area contributed by atoms with Crippen LogP contribution >= 0.6 is 24.0 Å². The molecule has 2 N–H and O–H groups in total. The Morgan fingerprint density at radius 3 is 2.64 bits per heavy atom. The van der Waals surface area contributed by atoms with Gasteiger partial charge in [-0.15, -0.1) is 24.0 Å². The van der Waals surface area contributed by atoms with E-state index in [0.717, 1.165) is 64.4 Å². The van der Waals surface area contributed by atoms with Gasteiger partial charge in [0.2, 0.25) is 11.5 Å². The molecule has 2 heterocycles. The van der Waals surface area contributed by atoms with Crippen LogP contribution < -0.4 is 16.2 Å². The molecule has 1 fully saturated rings. The Labute approximate surface area is 185 Å². The molecule has 0 aliphatic carbocycles. The first kappa shape index (κ1) is 24.5. The van der Waals surface area contributed by atoms with Gasteiger partial charge < -0.3 is 20.1 Å². The van der Waals surface area contributed by atoms with Crippen LogP contribution in [0.15, 0.2) is 34.2 Å². The molecule has 1 amide bonds. The van der Waals surface area contributed by atoms with E-state index in [1.54, 1.807) is 23.7 Å². The SMILES string of the molecule is CCNC(=NCCCCn1ccccc1=O)N1CCC(CC(=O)NC)CC1.I. The van der Waals surface area contributed by atoms with Crippen molar-refractivity contribution in [1.82, 2.24) is 20.1 Å². The standard InChI is InChI=1S/C20H33N5O2.HI/c1-3-22-20(25-14-9-17(10-15-25)16-18(26)21-2)23-11-5-7-13-24-12-6-4-8-19(24)27;/h4,6,8,12,17H,3,5,7,9-11,13-16H2,1-2H3,(H,21,26)(H,22,23);1H. The van der Waals surface area contributed by atoms with Gasteiger partial charge in [-0.05, 0) is 44.6 Å². The van der Waals surface area contributed by atoms with Gasteiger partial charge in [0, 0.05) is 58.5 Å². The fraction of sp³-hybridized carbons (Fsp3) is 0.650. The maximum atomic E-state index is 11.7. The number of aliphatic imine (C=N–C) groups is 1. The number of pyridine rings is 1. The van der Waals surface area contributed by atoms with Crippen molar-refractivity contribution in [3.8, 4) is 0 Å². The summed E-state index contributed by atoms with van der Waals surface area (Å²) in [6.07, 6.45) is 6.38. The molecule has 0 radical (unpaired) electrons. The smallest absolute Gasteiger partial charge is 0.250 e. The summed E-state index contributed by atoms with van der Waals surface area (Å²) < 4.78 is 1.74. The van der Waals surface area contributed by atoms with Gasteiger partial charge in [-0.3, -0.25) is 14.6 Å². The molecule has 0 unspecified atom stereocenters. The Hall–Kier alpha value is -1.58. The van der Waals surface area contributed by atoms with Crippen LogP contribution in [0.2, 0.25) is 0 Å². The topological polar surface area (TPSA) is 78.7 Å². The van der Waals surface area contributed by atoms with Crippen LogP contribution in [-0.4, -0.2) is 54.6 Å². The minimum atomic E-state index is 0. The molecule has 7 nitrogen and oxygen atoms in total. The summed E-state index contributed by atoms with van der Waals surface area (Å²) in [6, 6.07) is 5.25. The number of hydrogen-bond donors (Lipinski definition) is 2. The molecular weight excluding hydrogens is 469 g/mol. The fourth-order valence-electron chi connectivity index (χ4n) is 3.36. The van der Waals surface area contributed by atoms with E-state index in [-0.39, 0.29) is 35.4 Å². The monoisotopic (exact) mass is 503 g/mol. The molecule has 158 valence electrons. The molecule has 2 rings (SSSR count). The summed E-state index contributed by atoms with van der Waals surface area (Å²) in [7, 11) is 1.70. The summed E-state index contributed by atoms with van der Waals surface area (Å²) in [5.74, 6) is 1.56. The number of likely N-dealkylation sites (tertiary alicyclic amines) is 1. The highest BCUT2D eigenvalue weighted by atomic mass is 127.